The molecular formula is C22H27N5O6S. The number of pyridine rings is 1. The number of methoxy groups -OCH3 is 2. The van der Waals surface area contributed by atoms with Crippen LogP contribution >= 0.6 is 0 Å². The van der Waals surface area contributed by atoms with Crippen LogP contribution in [-0.4, -0.2) is 60.4 Å². The van der Waals surface area contributed by atoms with Crippen LogP contribution in [0.15, 0.2) is 36.7 Å². The second-order valence-corrected chi connectivity index (χ2v) is 9.22. The molecule has 2 rings (SSSR count). The standard InChI is InChI=1S/C22H27N5O6S/c1-6-8-17(28)15(3)34(30,31)27(22(23)24)26(21(29)16-11-14(2)12-25-13-16)20-18(32-4)9-7-10-19(20)33-5/h7,9-13,15,17,28H,1-5H3,(H3,23,24)/t15-,17+/m1/s1. The van der Waals surface area contributed by atoms with E-state index in [9.17, 15) is 18.3 Å². The number of benzene rings is 1. The zero-order valence-corrected chi connectivity index (χ0v) is 20.3. The van der Waals surface area contributed by atoms with Crippen molar-refractivity contribution in [3.8, 4) is 23.3 Å². The molecule has 2 atom stereocenters. The lowest BCUT2D eigenvalue weighted by Crippen LogP contribution is -2.59. The predicted molar refractivity (Wildman–Crippen MR) is 127 cm³/mol. The van der Waals surface area contributed by atoms with E-state index in [-0.39, 0.29) is 22.7 Å². The van der Waals surface area contributed by atoms with Crippen molar-refractivity contribution in [2.24, 2.45) is 5.73 Å². The molecular weight excluding hydrogens is 462 g/mol. The van der Waals surface area contributed by atoms with Crippen molar-refractivity contribution in [1.29, 1.82) is 5.41 Å². The molecule has 0 spiro atoms. The van der Waals surface area contributed by atoms with E-state index in [0.29, 0.717) is 15.0 Å². The van der Waals surface area contributed by atoms with Crippen molar-refractivity contribution in [1.82, 2.24) is 9.40 Å². The number of para-hydroxylation sites is 1. The van der Waals surface area contributed by atoms with E-state index in [1.165, 1.54) is 58.7 Å². The van der Waals surface area contributed by atoms with Gasteiger partial charge in [0, 0.05) is 12.4 Å². The number of nitrogens with zero attached hydrogens (tertiary/aromatic N) is 3. The Balaban J connectivity index is 2.90. The number of carbonyl (C=O) groups is 1. The summed E-state index contributed by atoms with van der Waals surface area (Å²) in [5, 5.41) is 17.5. The van der Waals surface area contributed by atoms with Crippen molar-refractivity contribution in [2.45, 2.75) is 32.1 Å². The lowest BCUT2D eigenvalue weighted by atomic mass is 10.2. The normalized spacial score (nSPS) is 12.5. The number of aliphatic hydroxyl groups is 1. The number of hydrogen-bond acceptors (Lipinski definition) is 8. The fraction of sp³-hybridized carbons (Fsp3) is 0.318. The summed E-state index contributed by atoms with van der Waals surface area (Å²) in [6, 6.07) is 6.04. The number of amides is 1. The lowest BCUT2D eigenvalue weighted by molar-refractivity contribution is 0.0956. The summed E-state index contributed by atoms with van der Waals surface area (Å²) >= 11 is 0. The number of aryl methyl sites for hydroxylation is 1. The summed E-state index contributed by atoms with van der Waals surface area (Å²) < 4.78 is 38.2. The van der Waals surface area contributed by atoms with E-state index < -0.39 is 33.2 Å². The van der Waals surface area contributed by atoms with E-state index in [1.807, 2.05) is 0 Å². The van der Waals surface area contributed by atoms with Gasteiger partial charge >= 0.3 is 0 Å². The van der Waals surface area contributed by atoms with Crippen LogP contribution in [0, 0.1) is 24.2 Å². The van der Waals surface area contributed by atoms with Crippen molar-refractivity contribution >= 4 is 27.6 Å². The number of sulfonamides is 1. The lowest BCUT2D eigenvalue weighted by Gasteiger charge is -2.36. The van der Waals surface area contributed by atoms with Gasteiger partial charge in [-0.15, -0.1) is 10.3 Å². The Bertz CT molecular complexity index is 1220. The zero-order valence-electron chi connectivity index (χ0n) is 19.4. The van der Waals surface area contributed by atoms with Gasteiger partial charge in [-0.05, 0) is 44.5 Å². The first kappa shape index (κ1) is 26.4. The van der Waals surface area contributed by atoms with Gasteiger partial charge in [0.25, 0.3) is 15.9 Å². The average molecular weight is 490 g/mol. The van der Waals surface area contributed by atoms with Crippen LogP contribution in [0.25, 0.3) is 0 Å². The summed E-state index contributed by atoms with van der Waals surface area (Å²) in [7, 11) is -2.03. The van der Waals surface area contributed by atoms with E-state index in [2.05, 4.69) is 16.8 Å². The first-order chi connectivity index (χ1) is 16.0. The van der Waals surface area contributed by atoms with Gasteiger partial charge in [0.1, 0.15) is 22.9 Å². The van der Waals surface area contributed by atoms with Crippen molar-refractivity contribution in [2.75, 3.05) is 19.2 Å². The van der Waals surface area contributed by atoms with Gasteiger partial charge in [0.2, 0.25) is 5.96 Å². The van der Waals surface area contributed by atoms with Crippen LogP contribution < -0.4 is 20.2 Å². The SMILES string of the molecule is CC#C[C@H](O)[C@@H](C)S(=O)(=O)N(C(=N)N)N(C(=O)c1cncc(C)c1)c1c(OC)cccc1OC. The molecule has 12 heteroatoms. The maximum absolute atomic E-state index is 13.8. The first-order valence-corrected chi connectivity index (χ1v) is 11.5. The number of rotatable bonds is 7. The van der Waals surface area contributed by atoms with Crippen LogP contribution in [0.2, 0.25) is 0 Å². The van der Waals surface area contributed by atoms with Gasteiger partial charge < -0.3 is 20.3 Å². The summed E-state index contributed by atoms with van der Waals surface area (Å²) in [5.74, 6) is 3.04. The van der Waals surface area contributed by atoms with E-state index >= 15 is 0 Å². The minimum absolute atomic E-state index is 0.0101. The Morgan fingerprint density at radius 1 is 1.24 bits per heavy atom. The number of nitrogens with one attached hydrogen (secondary N) is 1. The molecule has 0 aliphatic rings. The molecule has 0 bridgehead atoms. The second-order valence-electron chi connectivity index (χ2n) is 7.10. The van der Waals surface area contributed by atoms with Gasteiger partial charge in [-0.1, -0.05) is 12.0 Å². The van der Waals surface area contributed by atoms with Crippen molar-refractivity contribution in [3.05, 3.63) is 47.8 Å². The zero-order chi connectivity index (χ0) is 25.6. The topological polar surface area (TPSA) is 159 Å². The average Bonchev–Trinajstić information content (AvgIpc) is 2.80. The second kappa shape index (κ2) is 10.9. The molecule has 1 aromatic heterocycles. The Labute approximate surface area is 198 Å². The van der Waals surface area contributed by atoms with E-state index in [0.717, 1.165) is 0 Å². The highest BCUT2D eigenvalue weighted by Crippen LogP contribution is 2.40. The van der Waals surface area contributed by atoms with Crippen LogP contribution in [0.4, 0.5) is 5.69 Å². The molecule has 0 aliphatic heterocycles. The first-order valence-electron chi connectivity index (χ1n) is 9.96. The maximum atomic E-state index is 13.8. The molecule has 34 heavy (non-hydrogen) atoms. The van der Waals surface area contributed by atoms with E-state index in [1.54, 1.807) is 13.0 Å². The van der Waals surface area contributed by atoms with Gasteiger partial charge in [-0.25, -0.2) is 8.42 Å². The summed E-state index contributed by atoms with van der Waals surface area (Å²) in [4.78, 5) is 17.8. The number of carbonyl (C=O) groups excluding carboxylic acids is 1. The molecule has 0 radical (unpaired) electrons. The third-order valence-corrected chi connectivity index (χ3v) is 6.80. The number of nitrogens with two attached hydrogens (primary N) is 1. The molecule has 0 saturated carbocycles. The Morgan fingerprint density at radius 3 is 2.29 bits per heavy atom. The van der Waals surface area contributed by atoms with Crippen LogP contribution in [-0.2, 0) is 10.0 Å². The largest absolute Gasteiger partial charge is 0.494 e. The third kappa shape index (κ3) is 5.22. The summed E-state index contributed by atoms with van der Waals surface area (Å²) in [5.41, 5.74) is 6.25. The number of hydrogen-bond donors (Lipinski definition) is 3. The molecule has 2 aromatic rings. The number of ether oxygens (including phenoxy) is 2. The predicted octanol–water partition coefficient (Wildman–Crippen LogP) is 1.27. The Hall–Kier alpha value is -3.82. The molecule has 0 unspecified atom stereocenters. The number of anilines is 1. The van der Waals surface area contributed by atoms with Crippen LogP contribution in [0.1, 0.15) is 29.8 Å². The highest BCUT2D eigenvalue weighted by atomic mass is 32.2. The molecule has 1 aromatic carbocycles. The molecule has 4 N–H and O–H groups in total. The fourth-order valence-corrected chi connectivity index (χ4v) is 4.42. The summed E-state index contributed by atoms with van der Waals surface area (Å²) in [6.07, 6.45) is 1.15. The molecule has 1 heterocycles. The van der Waals surface area contributed by atoms with Gasteiger partial charge in [0.15, 0.2) is 5.69 Å². The number of hydrazine groups is 1. The fourth-order valence-electron chi connectivity index (χ4n) is 3.05. The maximum Gasteiger partial charge on any atom is 0.279 e. The third-order valence-electron chi connectivity index (χ3n) is 4.76. The Morgan fingerprint density at radius 2 is 1.82 bits per heavy atom. The molecule has 0 fully saturated rings. The van der Waals surface area contributed by atoms with E-state index in [4.69, 9.17) is 20.6 Å². The minimum Gasteiger partial charge on any atom is -0.494 e. The molecule has 0 aliphatic carbocycles. The summed E-state index contributed by atoms with van der Waals surface area (Å²) in [6.45, 7) is 4.33. The van der Waals surface area contributed by atoms with Crippen LogP contribution in [0.5, 0.6) is 11.5 Å². The van der Waals surface area contributed by atoms with Gasteiger partial charge in [-0.2, -0.15) is 5.01 Å². The number of aromatic nitrogens is 1. The Kier molecular flexibility index (Phi) is 8.45. The number of aliphatic hydroxyl groups excluding tert-OH is 1. The monoisotopic (exact) mass is 489 g/mol. The molecule has 182 valence electrons. The molecule has 0 saturated heterocycles. The van der Waals surface area contributed by atoms with Gasteiger partial charge in [0.05, 0.1) is 19.8 Å². The highest BCUT2D eigenvalue weighted by molar-refractivity contribution is 7.90. The number of guanidine groups is 1. The molecule has 1 amide bonds. The quantitative estimate of drug-likeness (QED) is 0.227. The smallest absolute Gasteiger partial charge is 0.279 e. The molecule has 11 nitrogen and oxygen atoms in total. The van der Waals surface area contributed by atoms with Crippen molar-refractivity contribution in [3.63, 3.8) is 0 Å². The minimum atomic E-state index is -4.68. The van der Waals surface area contributed by atoms with Gasteiger partial charge in [-0.3, -0.25) is 15.2 Å². The van der Waals surface area contributed by atoms with Crippen LogP contribution in [0.3, 0.4) is 0 Å². The highest BCUT2D eigenvalue weighted by Gasteiger charge is 2.43. The van der Waals surface area contributed by atoms with Crippen molar-refractivity contribution < 1.29 is 27.8 Å².